The van der Waals surface area contributed by atoms with Crippen molar-refractivity contribution in [2.24, 2.45) is 32.5 Å². The van der Waals surface area contributed by atoms with Crippen molar-refractivity contribution in [3.05, 3.63) is 60.1 Å². The second-order valence-corrected chi connectivity index (χ2v) is 20.6. The number of thioether (sulfide) groups is 3. The van der Waals surface area contributed by atoms with Crippen molar-refractivity contribution in [1.82, 2.24) is 0 Å². The molecule has 14 rings (SSSR count). The zero-order valence-corrected chi connectivity index (χ0v) is 37.6. The van der Waals surface area contributed by atoms with Crippen LogP contribution in [0.2, 0.25) is 0 Å². The summed E-state index contributed by atoms with van der Waals surface area (Å²) in [6, 6.07) is 3.67. The highest BCUT2D eigenvalue weighted by molar-refractivity contribution is 8.00. The Kier molecular flexibility index (Phi) is 11.1. The molecule has 1 aromatic rings. The Morgan fingerprint density at radius 3 is 1.43 bits per heavy atom. The van der Waals surface area contributed by atoms with E-state index in [1.165, 1.54) is 0 Å². The first-order valence-electron chi connectivity index (χ1n) is 20.6. The van der Waals surface area contributed by atoms with Crippen LogP contribution in [0, 0.1) is 32.5 Å². The van der Waals surface area contributed by atoms with Crippen LogP contribution in [-0.4, -0.2) is 119 Å². The van der Waals surface area contributed by atoms with E-state index < -0.39 is 44.4 Å². The Morgan fingerprint density at radius 1 is 0.556 bits per heavy atom. The monoisotopic (exact) mass is 944 g/mol. The van der Waals surface area contributed by atoms with Gasteiger partial charge < -0.3 is 37.6 Å². The summed E-state index contributed by atoms with van der Waals surface area (Å²) in [5.41, 5.74) is -3.16. The molecule has 0 saturated carbocycles. The predicted molar refractivity (Wildman–Crippen MR) is 226 cm³/mol. The van der Waals surface area contributed by atoms with Crippen LogP contribution in [0.1, 0.15) is 46.0 Å². The summed E-state index contributed by atoms with van der Waals surface area (Å²) < 4.78 is 40.9. The maximum Gasteiger partial charge on any atom is 0.343 e. The van der Waals surface area contributed by atoms with Crippen molar-refractivity contribution in [3.63, 3.8) is 0 Å². The van der Waals surface area contributed by atoms with Gasteiger partial charge in [-0.3, -0.25) is 28.8 Å². The van der Waals surface area contributed by atoms with Crippen LogP contribution >= 0.6 is 48.8 Å². The first-order valence-corrected chi connectivity index (χ1v) is 24.1. The van der Waals surface area contributed by atoms with Gasteiger partial charge in [-0.1, -0.05) is 31.2 Å². The summed E-state index contributed by atoms with van der Waals surface area (Å²) in [7, 11) is 0. The minimum absolute atomic E-state index is 0. The summed E-state index contributed by atoms with van der Waals surface area (Å²) >= 11 is 5.00. The number of hydrogen-bond donors (Lipinski definition) is 0. The molecule has 9 fully saturated rings. The Hall–Kier alpha value is -3.66. The molecule has 16 nitrogen and oxygen atoms in total. The predicted octanol–water partition coefficient (Wildman–Crippen LogP) is 3.57. The van der Waals surface area contributed by atoms with E-state index in [-0.39, 0.29) is 85.9 Å². The number of rotatable bonds is 1. The molecule has 336 valence electrons. The molecule has 0 spiro atoms. The summed E-state index contributed by atoms with van der Waals surface area (Å²) in [5, 5.41) is 0. The molecule has 13 aliphatic rings. The van der Waals surface area contributed by atoms with Crippen molar-refractivity contribution in [1.29, 1.82) is 0 Å². The van der Waals surface area contributed by atoms with Gasteiger partial charge >= 0.3 is 47.8 Å². The lowest BCUT2D eigenvalue weighted by Crippen LogP contribution is -2.55. The first kappa shape index (κ1) is 44.5. The Bertz CT molecular complexity index is 2090. The molecule has 6 bridgehead atoms. The van der Waals surface area contributed by atoms with Crippen LogP contribution in [0.3, 0.4) is 0 Å². The van der Waals surface area contributed by atoms with E-state index >= 15 is 0 Å². The number of fused-ring (bicyclic) bond motifs is 9. The number of carbonyl (C=O) groups excluding carboxylic acids is 8. The first-order chi connectivity index (χ1) is 29.8. The van der Waals surface area contributed by atoms with E-state index in [1.54, 1.807) is 47.8 Å². The van der Waals surface area contributed by atoms with Crippen molar-refractivity contribution in [2.75, 3.05) is 34.5 Å². The molecule has 12 atom stereocenters. The lowest BCUT2D eigenvalue weighted by Gasteiger charge is -2.41. The van der Waals surface area contributed by atoms with Gasteiger partial charge in [-0.2, -0.15) is 48.8 Å². The maximum absolute atomic E-state index is 12.0. The molecule has 0 radical (unpaired) electrons. The Morgan fingerprint density at radius 2 is 1.00 bits per heavy atom. The van der Waals surface area contributed by atoms with Crippen LogP contribution in [0.15, 0.2) is 64.5 Å². The number of ether oxygens (including phenoxy) is 7. The fraction of sp³-hybridized carbons (Fsp3) is 0.581. The van der Waals surface area contributed by atoms with Gasteiger partial charge in [-0.05, 0) is 62.7 Å². The van der Waals surface area contributed by atoms with Crippen LogP contribution in [0.25, 0.3) is 0 Å². The Labute approximate surface area is 380 Å². The maximum atomic E-state index is 12.0. The Balaban J connectivity index is 0.000000103. The van der Waals surface area contributed by atoms with Gasteiger partial charge in [0, 0.05) is 23.0 Å². The second-order valence-electron chi connectivity index (χ2n) is 17.4. The number of carbonyl (C=O) groups is 8. The molecule has 13 aliphatic heterocycles. The third-order valence-electron chi connectivity index (χ3n) is 15.4. The summed E-state index contributed by atoms with van der Waals surface area (Å²) in [6.07, 6.45) is 13.4. The van der Waals surface area contributed by atoms with Gasteiger partial charge in [0.25, 0.3) is 0 Å². The highest BCUT2D eigenvalue weighted by Crippen LogP contribution is 2.68. The minimum Gasteiger partial charge on any atom is -0.473 e. The van der Waals surface area contributed by atoms with Crippen molar-refractivity contribution >= 4 is 96.5 Å². The fourth-order valence-corrected chi connectivity index (χ4v) is 16.2. The topological polar surface area (TPSA) is 214 Å². The summed E-state index contributed by atoms with van der Waals surface area (Å²) in [6.45, 7) is 3.76. The smallest absolute Gasteiger partial charge is 0.343 e. The van der Waals surface area contributed by atoms with E-state index in [1.807, 2.05) is 50.3 Å². The molecule has 0 N–H and O–H groups in total. The normalized spacial score (nSPS) is 43.6. The van der Waals surface area contributed by atoms with Gasteiger partial charge in [0.2, 0.25) is 0 Å². The van der Waals surface area contributed by atoms with Gasteiger partial charge in [0.05, 0.1) is 60.3 Å². The quantitative estimate of drug-likeness (QED) is 0.170. The third kappa shape index (κ3) is 5.57. The second kappa shape index (κ2) is 15.8. The molecule has 12 unspecified atom stereocenters. The third-order valence-corrected chi connectivity index (χ3v) is 18.7. The zero-order valence-electron chi connectivity index (χ0n) is 34.1. The summed E-state index contributed by atoms with van der Waals surface area (Å²) in [5.74, 6) is 1.23. The molecule has 9 saturated heterocycles. The number of hydrogen-bond acceptors (Lipinski definition) is 19. The van der Waals surface area contributed by atoms with Crippen LogP contribution < -0.4 is 0 Å². The molecular formula is C43H44O16S4. The van der Waals surface area contributed by atoms with Crippen molar-refractivity contribution < 1.29 is 75.9 Å². The van der Waals surface area contributed by atoms with Gasteiger partial charge in [-0.15, -0.1) is 0 Å². The SMILES string of the molecule is CCC12C(=O)OC(=O)C1(C)C1CCC2O1.O=C1OC(=O)C23CSCCC12C1C=CC3O1.O=C1OC(=O)C23CSCCC12C1C=CC3O1.O=C1OC(=O)C2=C1CSC2.S.c1ccoc1. The van der Waals surface area contributed by atoms with E-state index in [9.17, 15) is 38.4 Å². The van der Waals surface area contributed by atoms with Crippen LogP contribution in [0.5, 0.6) is 0 Å². The highest BCUT2D eigenvalue weighted by atomic mass is 32.2. The highest BCUT2D eigenvalue weighted by Gasteiger charge is 2.82. The van der Waals surface area contributed by atoms with E-state index in [2.05, 4.69) is 9.15 Å². The van der Waals surface area contributed by atoms with E-state index in [0.29, 0.717) is 53.4 Å². The molecule has 20 heteroatoms. The number of esters is 8. The fourth-order valence-electron chi connectivity index (χ4n) is 12.1. The largest absolute Gasteiger partial charge is 0.473 e. The molecule has 1 aromatic heterocycles. The summed E-state index contributed by atoms with van der Waals surface area (Å²) in [4.78, 5) is 93.4. The van der Waals surface area contributed by atoms with E-state index in [0.717, 1.165) is 24.3 Å². The lowest BCUT2D eigenvalue weighted by molar-refractivity contribution is -0.161. The number of furan rings is 1. The molecule has 0 aromatic carbocycles. The van der Waals surface area contributed by atoms with E-state index in [4.69, 9.17) is 28.4 Å². The van der Waals surface area contributed by atoms with Crippen LogP contribution in [0.4, 0.5) is 0 Å². The molecule has 14 heterocycles. The molecular weight excluding hydrogens is 901 g/mol. The zero-order chi connectivity index (χ0) is 43.5. The van der Waals surface area contributed by atoms with Gasteiger partial charge in [0.15, 0.2) is 0 Å². The average Bonchev–Trinajstić information content (AvgIpc) is 4.12. The molecule has 0 aliphatic carbocycles. The molecule has 0 amide bonds. The molecule has 63 heavy (non-hydrogen) atoms. The average molecular weight is 945 g/mol. The minimum atomic E-state index is -0.734. The lowest BCUT2D eigenvalue weighted by atomic mass is 9.57. The van der Waals surface area contributed by atoms with Gasteiger partial charge in [-0.25, -0.2) is 9.59 Å². The van der Waals surface area contributed by atoms with Gasteiger partial charge in [0.1, 0.15) is 32.5 Å². The van der Waals surface area contributed by atoms with Crippen molar-refractivity contribution in [2.45, 2.75) is 82.6 Å². The number of cyclic esters (lactones) is 8. The van der Waals surface area contributed by atoms with Crippen molar-refractivity contribution in [3.8, 4) is 0 Å². The standard InChI is InChI=1S/2C11H10O4S.C11H14O4.C6H4O3S.C4H4O.H2S/c2*12-8-10-3-4-16-5-11(10,9(13)15-8)7-2-1-6(10)14-7;1-3-11-7-5-4-6(14-7)10(11,2)8(12)15-9(11)13;7-5-3-1-10-2-4(3)6(8)9-5;1-2-4-5-3-1;/h2*1-2,6-7H,3-5H2;6-7H,3-5H2,1-2H3;1-2H2;1-4H;1H2. The van der Waals surface area contributed by atoms with Crippen LogP contribution in [-0.2, 0) is 71.5 Å².